The van der Waals surface area contributed by atoms with E-state index in [2.05, 4.69) is 0 Å². The molecule has 2 heterocycles. The molecule has 0 radical (unpaired) electrons. The highest BCUT2D eigenvalue weighted by Gasteiger charge is 2.39. The first-order chi connectivity index (χ1) is 8.37. The third-order valence-corrected chi connectivity index (χ3v) is 3.19. The van der Waals surface area contributed by atoms with Crippen LogP contribution in [0.4, 0.5) is 0 Å². The smallest absolute Gasteiger partial charge is 0.184 e. The number of hydrogen-bond donors (Lipinski definition) is 1. The van der Waals surface area contributed by atoms with Crippen LogP contribution in [0.3, 0.4) is 0 Å². The van der Waals surface area contributed by atoms with E-state index in [0.29, 0.717) is 12.8 Å². The van der Waals surface area contributed by atoms with Crippen molar-refractivity contribution in [2.45, 2.75) is 64.0 Å². The summed E-state index contributed by atoms with van der Waals surface area (Å²) in [5.74, 6) is -0.674. The zero-order valence-corrected chi connectivity index (χ0v) is 11.0. The van der Waals surface area contributed by atoms with E-state index in [1.165, 1.54) is 12.2 Å². The fourth-order valence-electron chi connectivity index (χ4n) is 2.40. The molecule has 0 saturated carbocycles. The van der Waals surface area contributed by atoms with Crippen molar-refractivity contribution in [2.75, 3.05) is 0 Å². The molecule has 0 aliphatic carbocycles. The molecule has 4 atom stereocenters. The van der Waals surface area contributed by atoms with Crippen LogP contribution < -0.4 is 0 Å². The van der Waals surface area contributed by atoms with Crippen molar-refractivity contribution in [3.05, 3.63) is 12.2 Å². The van der Waals surface area contributed by atoms with Crippen molar-refractivity contribution < 1.29 is 24.1 Å². The van der Waals surface area contributed by atoms with Gasteiger partial charge in [0.1, 0.15) is 6.10 Å². The van der Waals surface area contributed by atoms with Crippen LogP contribution in [0.1, 0.15) is 33.6 Å². The van der Waals surface area contributed by atoms with Crippen molar-refractivity contribution in [1.29, 1.82) is 0 Å². The molecule has 1 N–H and O–H groups in total. The van der Waals surface area contributed by atoms with Crippen molar-refractivity contribution in [3.63, 3.8) is 0 Å². The van der Waals surface area contributed by atoms with Gasteiger partial charge in [0.15, 0.2) is 17.9 Å². The maximum Gasteiger partial charge on any atom is 0.184 e. The second-order valence-corrected chi connectivity index (χ2v) is 5.23. The van der Waals surface area contributed by atoms with Crippen LogP contribution in [-0.4, -0.2) is 41.3 Å². The largest absolute Gasteiger partial charge is 0.365 e. The first kappa shape index (κ1) is 13.7. The molecule has 0 aromatic carbocycles. The molecule has 102 valence electrons. The van der Waals surface area contributed by atoms with Gasteiger partial charge in [0.05, 0.1) is 12.2 Å². The topological polar surface area (TPSA) is 65.0 Å². The first-order valence-corrected chi connectivity index (χ1v) is 6.28. The van der Waals surface area contributed by atoms with E-state index in [9.17, 15) is 9.90 Å². The quantitative estimate of drug-likeness (QED) is 0.820. The van der Waals surface area contributed by atoms with Crippen LogP contribution >= 0.6 is 0 Å². The fraction of sp³-hybridized carbons (Fsp3) is 0.769. The Morgan fingerprint density at radius 3 is 2.67 bits per heavy atom. The molecule has 2 rings (SSSR count). The molecular weight excluding hydrogens is 236 g/mol. The van der Waals surface area contributed by atoms with E-state index in [4.69, 9.17) is 14.2 Å². The van der Waals surface area contributed by atoms with E-state index >= 15 is 0 Å². The lowest BCUT2D eigenvalue weighted by atomic mass is 10.0. The molecule has 0 spiro atoms. The zero-order valence-electron chi connectivity index (χ0n) is 11.0. The number of aliphatic hydroxyl groups is 1. The van der Waals surface area contributed by atoms with Crippen LogP contribution in [0.25, 0.3) is 0 Å². The lowest BCUT2D eigenvalue weighted by Gasteiger charge is -2.23. The summed E-state index contributed by atoms with van der Waals surface area (Å²) in [6.07, 6.45) is 2.30. The maximum atomic E-state index is 11.6. The minimum absolute atomic E-state index is 0.000779. The van der Waals surface area contributed by atoms with Crippen LogP contribution in [0.2, 0.25) is 0 Å². The van der Waals surface area contributed by atoms with Gasteiger partial charge in [-0.2, -0.15) is 0 Å². The summed E-state index contributed by atoms with van der Waals surface area (Å²) in [6.45, 7) is 5.70. The molecule has 0 bridgehead atoms. The fourth-order valence-corrected chi connectivity index (χ4v) is 2.40. The lowest BCUT2D eigenvalue weighted by Crippen LogP contribution is -2.33. The van der Waals surface area contributed by atoms with Crippen LogP contribution in [-0.2, 0) is 19.0 Å². The van der Waals surface area contributed by atoms with E-state index in [1.54, 1.807) is 0 Å². The predicted octanol–water partition coefficient (Wildman–Crippen LogP) is 1.15. The third-order valence-electron chi connectivity index (χ3n) is 3.19. The Labute approximate surface area is 107 Å². The second kappa shape index (κ2) is 5.09. The van der Waals surface area contributed by atoms with E-state index in [1.807, 2.05) is 20.8 Å². The number of carbonyl (C=O) groups excluding carboxylic acids is 1. The highest BCUT2D eigenvalue weighted by molar-refractivity contribution is 5.94. The normalized spacial score (nSPS) is 39.2. The van der Waals surface area contributed by atoms with Gasteiger partial charge in [-0.15, -0.1) is 0 Å². The Morgan fingerprint density at radius 1 is 1.33 bits per heavy atom. The second-order valence-electron chi connectivity index (χ2n) is 5.23. The molecule has 1 fully saturated rings. The Kier molecular flexibility index (Phi) is 3.87. The van der Waals surface area contributed by atoms with Gasteiger partial charge in [-0.25, -0.2) is 0 Å². The summed E-state index contributed by atoms with van der Waals surface area (Å²) in [6, 6.07) is 0. The van der Waals surface area contributed by atoms with Gasteiger partial charge >= 0.3 is 0 Å². The standard InChI is InChI=1S/C13H20O5/c1-8-10(18-13(2,3)17-8)5-6-11-9(14)4-7-12(15)16-11/h4,7-8,10-12,15H,5-6H2,1-3H3/t8-,10-,11-,12?/m0/s1. The monoisotopic (exact) mass is 256 g/mol. The van der Waals surface area contributed by atoms with Gasteiger partial charge in [-0.3, -0.25) is 4.79 Å². The van der Waals surface area contributed by atoms with Crippen LogP contribution in [0.15, 0.2) is 12.2 Å². The first-order valence-electron chi connectivity index (χ1n) is 6.28. The summed E-state index contributed by atoms with van der Waals surface area (Å²) in [5.41, 5.74) is 0. The predicted molar refractivity (Wildman–Crippen MR) is 63.8 cm³/mol. The van der Waals surface area contributed by atoms with E-state index in [0.717, 1.165) is 0 Å². The highest BCUT2D eigenvalue weighted by Crippen LogP contribution is 2.31. The Morgan fingerprint density at radius 2 is 2.06 bits per heavy atom. The van der Waals surface area contributed by atoms with E-state index in [-0.39, 0.29) is 18.0 Å². The van der Waals surface area contributed by atoms with Crippen molar-refractivity contribution in [3.8, 4) is 0 Å². The van der Waals surface area contributed by atoms with Gasteiger partial charge in [0, 0.05) is 0 Å². The number of ketones is 1. The van der Waals surface area contributed by atoms with Crippen molar-refractivity contribution in [2.24, 2.45) is 0 Å². The molecule has 5 nitrogen and oxygen atoms in total. The molecule has 18 heavy (non-hydrogen) atoms. The number of carbonyl (C=O) groups is 1. The SMILES string of the molecule is C[C@@H]1OC(C)(C)O[C@H]1CC[C@@H]1OC(O)C=CC1=O. The van der Waals surface area contributed by atoms with Gasteiger partial charge < -0.3 is 19.3 Å². The number of rotatable bonds is 3. The molecule has 2 aliphatic heterocycles. The summed E-state index contributed by atoms with van der Waals surface area (Å²) < 4.78 is 16.6. The number of ether oxygens (including phenoxy) is 3. The lowest BCUT2D eigenvalue weighted by molar-refractivity contribution is -0.153. The van der Waals surface area contributed by atoms with Crippen molar-refractivity contribution in [1.82, 2.24) is 0 Å². The minimum atomic E-state index is -0.984. The molecule has 1 unspecified atom stereocenters. The highest BCUT2D eigenvalue weighted by atomic mass is 16.7. The summed E-state index contributed by atoms with van der Waals surface area (Å²) >= 11 is 0. The maximum absolute atomic E-state index is 11.6. The Balaban J connectivity index is 1.85. The van der Waals surface area contributed by atoms with Crippen molar-refractivity contribution >= 4 is 5.78 Å². The number of aliphatic hydroxyl groups excluding tert-OH is 1. The molecule has 1 saturated heterocycles. The van der Waals surface area contributed by atoms with Crippen LogP contribution in [0.5, 0.6) is 0 Å². The molecule has 0 aromatic rings. The van der Waals surface area contributed by atoms with Crippen LogP contribution in [0, 0.1) is 0 Å². The van der Waals surface area contributed by atoms with Gasteiger partial charge in [0.2, 0.25) is 0 Å². The third kappa shape index (κ3) is 3.17. The minimum Gasteiger partial charge on any atom is -0.365 e. The average molecular weight is 256 g/mol. The molecular formula is C13H20O5. The van der Waals surface area contributed by atoms with Gasteiger partial charge in [0.25, 0.3) is 0 Å². The zero-order chi connectivity index (χ0) is 13.3. The summed E-state index contributed by atoms with van der Waals surface area (Å²) in [5, 5.41) is 9.31. The average Bonchev–Trinajstić information content (AvgIpc) is 2.53. The summed E-state index contributed by atoms with van der Waals surface area (Å²) in [7, 11) is 0. The molecule has 2 aliphatic rings. The number of hydrogen-bond acceptors (Lipinski definition) is 5. The Bertz CT molecular complexity index is 349. The van der Waals surface area contributed by atoms with Gasteiger partial charge in [-0.05, 0) is 45.8 Å². The Hall–Kier alpha value is -0.750. The van der Waals surface area contributed by atoms with Gasteiger partial charge in [-0.1, -0.05) is 0 Å². The summed E-state index contributed by atoms with van der Waals surface area (Å²) in [4.78, 5) is 11.6. The van der Waals surface area contributed by atoms with E-state index < -0.39 is 18.2 Å². The molecule has 0 aromatic heterocycles. The molecule has 0 amide bonds. The molecule has 5 heteroatoms.